The van der Waals surface area contributed by atoms with Gasteiger partial charge in [-0.25, -0.2) is 4.98 Å². The van der Waals surface area contributed by atoms with E-state index < -0.39 is 0 Å². The molecule has 24 heavy (non-hydrogen) atoms. The van der Waals surface area contributed by atoms with Crippen LogP contribution in [0.15, 0.2) is 42.7 Å². The van der Waals surface area contributed by atoms with Gasteiger partial charge in [-0.2, -0.15) is 14.6 Å². The van der Waals surface area contributed by atoms with Crippen LogP contribution in [0.4, 0.5) is 11.5 Å². The summed E-state index contributed by atoms with van der Waals surface area (Å²) in [5, 5.41) is 7.38. The zero-order chi connectivity index (χ0) is 16.5. The van der Waals surface area contributed by atoms with Crippen LogP contribution in [0.3, 0.4) is 0 Å². The molecule has 1 aliphatic heterocycles. The van der Waals surface area contributed by atoms with E-state index in [1.807, 2.05) is 36.4 Å². The highest BCUT2D eigenvalue weighted by atomic mass is 16.5. The van der Waals surface area contributed by atoms with Gasteiger partial charge in [0, 0.05) is 18.9 Å². The molecule has 2 aromatic heterocycles. The van der Waals surface area contributed by atoms with E-state index in [2.05, 4.69) is 20.4 Å². The Kier molecular flexibility index (Phi) is 3.58. The van der Waals surface area contributed by atoms with Crippen molar-refractivity contribution in [1.82, 2.24) is 19.6 Å². The number of ether oxygens (including phenoxy) is 1. The van der Waals surface area contributed by atoms with Gasteiger partial charge >= 0.3 is 0 Å². The molecule has 0 unspecified atom stereocenters. The molecular formula is C16H16N6O2. The summed E-state index contributed by atoms with van der Waals surface area (Å²) in [4.78, 5) is 22.6. The van der Waals surface area contributed by atoms with Crippen LogP contribution in [0, 0.1) is 0 Å². The number of benzene rings is 1. The zero-order valence-corrected chi connectivity index (χ0v) is 13.1. The van der Waals surface area contributed by atoms with Crippen molar-refractivity contribution in [3.05, 3.63) is 48.4 Å². The molecule has 4 rings (SSSR count). The van der Waals surface area contributed by atoms with Crippen molar-refractivity contribution >= 4 is 23.2 Å². The number of hydrogen-bond acceptors (Lipinski definition) is 6. The third-order valence-corrected chi connectivity index (χ3v) is 3.92. The number of para-hydroxylation sites is 1. The third-order valence-electron chi connectivity index (χ3n) is 3.92. The van der Waals surface area contributed by atoms with Gasteiger partial charge in [0.1, 0.15) is 18.2 Å². The van der Waals surface area contributed by atoms with E-state index in [4.69, 9.17) is 4.74 Å². The first kappa shape index (κ1) is 14.6. The number of β-lactam (4-membered cyclic amide) rings is 1. The fraction of sp³-hybridized carbons (Fsp3) is 0.250. The Morgan fingerprint density at radius 1 is 1.33 bits per heavy atom. The van der Waals surface area contributed by atoms with E-state index in [0.29, 0.717) is 24.7 Å². The monoisotopic (exact) mass is 324 g/mol. The molecule has 8 heteroatoms. The van der Waals surface area contributed by atoms with E-state index in [1.165, 1.54) is 6.33 Å². The van der Waals surface area contributed by atoms with Crippen molar-refractivity contribution in [2.45, 2.75) is 12.6 Å². The highest BCUT2D eigenvalue weighted by Gasteiger charge is 2.38. The van der Waals surface area contributed by atoms with Gasteiger partial charge < -0.3 is 15.0 Å². The Morgan fingerprint density at radius 2 is 2.17 bits per heavy atom. The lowest BCUT2D eigenvalue weighted by Gasteiger charge is -2.39. The third kappa shape index (κ3) is 2.46. The maximum absolute atomic E-state index is 12.4. The molecule has 0 aliphatic carbocycles. The lowest BCUT2D eigenvalue weighted by Crippen LogP contribution is -2.60. The Bertz CT molecular complexity index is 879. The van der Waals surface area contributed by atoms with Gasteiger partial charge in [-0.1, -0.05) is 18.2 Å². The number of fused-ring (bicyclic) bond motifs is 1. The minimum Gasteiger partial charge on any atom is -0.378 e. The van der Waals surface area contributed by atoms with Crippen molar-refractivity contribution in [2.75, 3.05) is 23.9 Å². The number of hydrogen-bond donors (Lipinski definition) is 1. The first-order valence-corrected chi connectivity index (χ1v) is 7.58. The van der Waals surface area contributed by atoms with Crippen LogP contribution < -0.4 is 10.2 Å². The van der Waals surface area contributed by atoms with Gasteiger partial charge in [-0.15, -0.1) is 0 Å². The fourth-order valence-electron chi connectivity index (χ4n) is 2.74. The first-order valence-electron chi connectivity index (χ1n) is 7.58. The second-order valence-corrected chi connectivity index (χ2v) is 5.52. The number of methoxy groups -OCH3 is 1. The van der Waals surface area contributed by atoms with Gasteiger partial charge in [0.25, 0.3) is 11.7 Å². The lowest BCUT2D eigenvalue weighted by molar-refractivity contribution is -0.123. The van der Waals surface area contributed by atoms with Crippen molar-refractivity contribution in [1.29, 1.82) is 0 Å². The molecule has 8 nitrogen and oxygen atoms in total. The fourth-order valence-corrected chi connectivity index (χ4v) is 2.74. The SMILES string of the molecule is COCc1cc(N[C@H]2CN(c3ccccc3)C2=O)n2ncnc2n1. The van der Waals surface area contributed by atoms with E-state index >= 15 is 0 Å². The number of rotatable bonds is 5. The van der Waals surface area contributed by atoms with Crippen LogP contribution in [0.1, 0.15) is 5.69 Å². The summed E-state index contributed by atoms with van der Waals surface area (Å²) >= 11 is 0. The standard InChI is InChI=1S/C16H16N6O2/c1-24-9-11-7-14(22-16(19-11)17-10-18-22)20-13-8-21(15(13)23)12-5-3-2-4-6-12/h2-7,10,13,20H,8-9H2,1H3/t13-/m0/s1. The second-order valence-electron chi connectivity index (χ2n) is 5.52. The average molecular weight is 324 g/mol. The lowest BCUT2D eigenvalue weighted by atomic mass is 10.1. The van der Waals surface area contributed by atoms with E-state index in [1.54, 1.807) is 16.5 Å². The van der Waals surface area contributed by atoms with Crippen LogP contribution >= 0.6 is 0 Å². The smallest absolute Gasteiger partial charge is 0.254 e. The molecule has 0 radical (unpaired) electrons. The van der Waals surface area contributed by atoms with E-state index in [-0.39, 0.29) is 11.9 Å². The molecule has 1 atom stereocenters. The minimum absolute atomic E-state index is 0.0274. The van der Waals surface area contributed by atoms with E-state index in [0.717, 1.165) is 11.4 Å². The Labute approximate surface area is 138 Å². The van der Waals surface area contributed by atoms with Crippen molar-refractivity contribution in [3.8, 4) is 0 Å². The summed E-state index contributed by atoms with van der Waals surface area (Å²) < 4.78 is 6.71. The summed E-state index contributed by atoms with van der Waals surface area (Å²) in [6.45, 7) is 0.966. The maximum atomic E-state index is 12.4. The molecule has 1 aliphatic rings. The highest BCUT2D eigenvalue weighted by molar-refractivity contribution is 6.05. The molecule has 0 spiro atoms. The van der Waals surface area contributed by atoms with Crippen molar-refractivity contribution in [2.24, 2.45) is 0 Å². The number of nitrogens with one attached hydrogen (secondary N) is 1. The van der Waals surface area contributed by atoms with Gasteiger partial charge in [-0.3, -0.25) is 4.79 Å². The van der Waals surface area contributed by atoms with Crippen LogP contribution in [0.5, 0.6) is 0 Å². The molecular weight excluding hydrogens is 308 g/mol. The van der Waals surface area contributed by atoms with Gasteiger partial charge in [0.2, 0.25) is 0 Å². The summed E-state index contributed by atoms with van der Waals surface area (Å²) in [6, 6.07) is 11.1. The molecule has 122 valence electrons. The van der Waals surface area contributed by atoms with Crippen LogP contribution in [0.25, 0.3) is 5.78 Å². The van der Waals surface area contributed by atoms with Crippen LogP contribution in [0.2, 0.25) is 0 Å². The summed E-state index contributed by atoms with van der Waals surface area (Å²) in [6.07, 6.45) is 1.43. The molecule has 1 aromatic carbocycles. The number of carbonyl (C=O) groups is 1. The van der Waals surface area contributed by atoms with Gasteiger partial charge in [0.05, 0.1) is 18.8 Å². The van der Waals surface area contributed by atoms with Crippen LogP contribution in [-0.2, 0) is 16.1 Å². The number of anilines is 2. The molecule has 1 fully saturated rings. The number of carbonyl (C=O) groups excluding carboxylic acids is 1. The van der Waals surface area contributed by atoms with E-state index in [9.17, 15) is 4.79 Å². The first-order chi connectivity index (χ1) is 11.8. The minimum atomic E-state index is -0.296. The molecule has 3 aromatic rings. The Morgan fingerprint density at radius 3 is 2.92 bits per heavy atom. The van der Waals surface area contributed by atoms with Gasteiger partial charge in [-0.05, 0) is 12.1 Å². The quantitative estimate of drug-likeness (QED) is 0.708. The molecule has 1 saturated heterocycles. The van der Waals surface area contributed by atoms with Crippen molar-refractivity contribution < 1.29 is 9.53 Å². The molecule has 0 bridgehead atoms. The summed E-state index contributed by atoms with van der Waals surface area (Å²) in [5.74, 6) is 1.17. The predicted octanol–water partition coefficient (Wildman–Crippen LogP) is 1.10. The second kappa shape index (κ2) is 5.89. The average Bonchev–Trinajstić information content (AvgIpc) is 3.07. The molecule has 3 heterocycles. The molecule has 0 saturated carbocycles. The predicted molar refractivity (Wildman–Crippen MR) is 87.7 cm³/mol. The topological polar surface area (TPSA) is 84.7 Å². The normalized spacial score (nSPS) is 17.1. The molecule has 1 N–H and O–H groups in total. The Balaban J connectivity index is 1.55. The van der Waals surface area contributed by atoms with Crippen LogP contribution in [-0.4, -0.2) is 45.2 Å². The Hall–Kier alpha value is -3.00. The number of aromatic nitrogens is 4. The van der Waals surface area contributed by atoms with Crippen molar-refractivity contribution in [3.63, 3.8) is 0 Å². The summed E-state index contributed by atoms with van der Waals surface area (Å²) in [5.41, 5.74) is 1.63. The highest BCUT2D eigenvalue weighted by Crippen LogP contribution is 2.24. The zero-order valence-electron chi connectivity index (χ0n) is 13.1. The van der Waals surface area contributed by atoms with Gasteiger partial charge in [0.15, 0.2) is 0 Å². The summed E-state index contributed by atoms with van der Waals surface area (Å²) in [7, 11) is 1.61. The molecule has 1 amide bonds. The number of amides is 1. The largest absolute Gasteiger partial charge is 0.378 e. The maximum Gasteiger partial charge on any atom is 0.254 e. The number of nitrogens with zero attached hydrogens (tertiary/aromatic N) is 5.